The Labute approximate surface area is 139 Å². The van der Waals surface area contributed by atoms with Gasteiger partial charge in [0.2, 0.25) is 6.79 Å². The Bertz CT molecular complexity index is 735. The van der Waals surface area contributed by atoms with Crippen molar-refractivity contribution in [3.05, 3.63) is 53.3 Å². The van der Waals surface area contributed by atoms with Crippen molar-refractivity contribution < 1.29 is 23.7 Å². The monoisotopic (exact) mass is 331 g/mol. The number of ether oxygens (including phenoxy) is 3. The Kier molecular flexibility index (Phi) is 4.00. The average molecular weight is 331 g/mol. The molecule has 1 atom stereocenters. The van der Waals surface area contributed by atoms with Crippen molar-refractivity contribution in [3.63, 3.8) is 0 Å². The number of aromatic hydroxyl groups is 1. The van der Waals surface area contributed by atoms with E-state index in [9.17, 15) is 9.50 Å². The summed E-state index contributed by atoms with van der Waals surface area (Å²) in [4.78, 5) is 2.20. The van der Waals surface area contributed by atoms with Gasteiger partial charge in [0.05, 0.1) is 12.7 Å². The summed E-state index contributed by atoms with van der Waals surface area (Å²) in [5.41, 5.74) is 1.75. The SMILES string of the molecule is Oc1cc2c(cc1CN1CCO[C@@H](c3ccc(F)cc3)C1)OCO2. The van der Waals surface area contributed by atoms with Crippen LogP contribution in [0, 0.1) is 5.82 Å². The summed E-state index contributed by atoms with van der Waals surface area (Å²) in [7, 11) is 0. The molecular formula is C18H18FNO4. The van der Waals surface area contributed by atoms with Crippen LogP contribution in [-0.4, -0.2) is 36.5 Å². The molecule has 0 unspecified atom stereocenters. The first kappa shape index (κ1) is 15.2. The molecule has 2 aliphatic rings. The molecule has 126 valence electrons. The molecule has 1 saturated heterocycles. The molecule has 4 rings (SSSR count). The molecule has 6 heteroatoms. The van der Waals surface area contributed by atoms with Crippen molar-refractivity contribution in [2.24, 2.45) is 0 Å². The van der Waals surface area contributed by atoms with Gasteiger partial charge in [-0.25, -0.2) is 4.39 Å². The Morgan fingerprint density at radius 2 is 1.88 bits per heavy atom. The van der Waals surface area contributed by atoms with E-state index in [1.807, 2.05) is 6.07 Å². The summed E-state index contributed by atoms with van der Waals surface area (Å²) in [6, 6.07) is 9.81. The number of phenolic OH excluding ortho intramolecular Hbond substituents is 1. The first-order valence-corrected chi connectivity index (χ1v) is 7.90. The van der Waals surface area contributed by atoms with Crippen LogP contribution in [0.1, 0.15) is 17.2 Å². The van der Waals surface area contributed by atoms with Crippen LogP contribution in [0.5, 0.6) is 17.2 Å². The number of phenols is 1. The molecule has 2 heterocycles. The van der Waals surface area contributed by atoms with Crippen molar-refractivity contribution in [2.75, 3.05) is 26.5 Å². The molecule has 24 heavy (non-hydrogen) atoms. The zero-order chi connectivity index (χ0) is 16.5. The summed E-state index contributed by atoms with van der Waals surface area (Å²) >= 11 is 0. The fraction of sp³-hybridized carbons (Fsp3) is 0.333. The number of benzene rings is 2. The molecule has 0 spiro atoms. The maximum atomic E-state index is 13.1. The van der Waals surface area contributed by atoms with E-state index >= 15 is 0 Å². The highest BCUT2D eigenvalue weighted by Gasteiger charge is 2.24. The Morgan fingerprint density at radius 3 is 2.67 bits per heavy atom. The summed E-state index contributed by atoms with van der Waals surface area (Å²) in [5, 5.41) is 10.2. The third-order valence-corrected chi connectivity index (χ3v) is 4.36. The van der Waals surface area contributed by atoms with Gasteiger partial charge in [-0.05, 0) is 23.8 Å². The Morgan fingerprint density at radius 1 is 1.12 bits per heavy atom. The fourth-order valence-corrected chi connectivity index (χ4v) is 3.07. The topological polar surface area (TPSA) is 51.2 Å². The lowest BCUT2D eigenvalue weighted by molar-refractivity contribution is -0.0331. The van der Waals surface area contributed by atoms with Crippen molar-refractivity contribution >= 4 is 0 Å². The van der Waals surface area contributed by atoms with Crippen LogP contribution in [0.2, 0.25) is 0 Å². The molecule has 0 aliphatic carbocycles. The summed E-state index contributed by atoms with van der Waals surface area (Å²) in [6.07, 6.45) is -0.101. The Hall–Kier alpha value is -2.31. The van der Waals surface area contributed by atoms with E-state index in [2.05, 4.69) is 4.90 Å². The number of hydrogen-bond donors (Lipinski definition) is 1. The number of halogens is 1. The zero-order valence-electron chi connectivity index (χ0n) is 13.1. The number of hydrogen-bond acceptors (Lipinski definition) is 5. The molecule has 1 fully saturated rings. The first-order chi connectivity index (χ1) is 11.7. The van der Waals surface area contributed by atoms with Gasteiger partial charge >= 0.3 is 0 Å². The lowest BCUT2D eigenvalue weighted by Gasteiger charge is -2.33. The van der Waals surface area contributed by atoms with Gasteiger partial charge in [0.15, 0.2) is 11.5 Å². The van der Waals surface area contributed by atoms with E-state index in [0.717, 1.165) is 17.7 Å². The number of fused-ring (bicyclic) bond motifs is 1. The van der Waals surface area contributed by atoms with Gasteiger partial charge in [-0.2, -0.15) is 0 Å². The van der Waals surface area contributed by atoms with Crippen LogP contribution in [0.4, 0.5) is 4.39 Å². The van der Waals surface area contributed by atoms with Crippen LogP contribution in [0.15, 0.2) is 36.4 Å². The van der Waals surface area contributed by atoms with Gasteiger partial charge in [-0.15, -0.1) is 0 Å². The lowest BCUT2D eigenvalue weighted by Crippen LogP contribution is -2.37. The third kappa shape index (κ3) is 3.02. The van der Waals surface area contributed by atoms with E-state index in [-0.39, 0.29) is 24.5 Å². The van der Waals surface area contributed by atoms with E-state index in [4.69, 9.17) is 14.2 Å². The van der Waals surface area contributed by atoms with E-state index in [1.165, 1.54) is 12.1 Å². The van der Waals surface area contributed by atoms with Gasteiger partial charge in [0.25, 0.3) is 0 Å². The molecule has 0 bridgehead atoms. The maximum absolute atomic E-state index is 13.1. The quantitative estimate of drug-likeness (QED) is 0.937. The standard InChI is InChI=1S/C18H18FNO4/c19-14-3-1-12(2-4-14)18-10-20(5-6-22-18)9-13-7-16-17(8-15(13)21)24-11-23-16/h1-4,7-8,18,21H,5-6,9-11H2/t18-/m1/s1. The molecule has 2 aliphatic heterocycles. The summed E-state index contributed by atoms with van der Waals surface area (Å²) < 4.78 is 29.5. The van der Waals surface area contributed by atoms with Gasteiger partial charge < -0.3 is 19.3 Å². The molecule has 1 N–H and O–H groups in total. The average Bonchev–Trinajstić information content (AvgIpc) is 3.03. The highest BCUT2D eigenvalue weighted by Crippen LogP contribution is 2.38. The van der Waals surface area contributed by atoms with Crippen molar-refractivity contribution in [1.29, 1.82) is 0 Å². The molecule has 2 aromatic carbocycles. The van der Waals surface area contributed by atoms with Crippen molar-refractivity contribution in [3.8, 4) is 17.2 Å². The van der Waals surface area contributed by atoms with Crippen molar-refractivity contribution in [2.45, 2.75) is 12.6 Å². The Balaban J connectivity index is 1.48. The van der Waals surface area contributed by atoms with Gasteiger partial charge in [0.1, 0.15) is 11.6 Å². The number of rotatable bonds is 3. The summed E-state index contributed by atoms with van der Waals surface area (Å²) in [6.45, 7) is 2.81. The minimum absolute atomic E-state index is 0.101. The third-order valence-electron chi connectivity index (χ3n) is 4.36. The zero-order valence-corrected chi connectivity index (χ0v) is 13.1. The van der Waals surface area contributed by atoms with E-state index in [0.29, 0.717) is 31.2 Å². The van der Waals surface area contributed by atoms with Crippen LogP contribution in [0.3, 0.4) is 0 Å². The van der Waals surface area contributed by atoms with Crippen LogP contribution >= 0.6 is 0 Å². The van der Waals surface area contributed by atoms with Crippen LogP contribution in [0.25, 0.3) is 0 Å². The molecule has 0 saturated carbocycles. The summed E-state index contributed by atoms with van der Waals surface area (Å²) in [5.74, 6) is 1.18. The molecule has 0 aromatic heterocycles. The van der Waals surface area contributed by atoms with Gasteiger partial charge in [-0.1, -0.05) is 12.1 Å². The maximum Gasteiger partial charge on any atom is 0.231 e. The molecular weight excluding hydrogens is 313 g/mol. The van der Waals surface area contributed by atoms with Crippen molar-refractivity contribution in [1.82, 2.24) is 4.90 Å². The first-order valence-electron chi connectivity index (χ1n) is 7.90. The van der Waals surface area contributed by atoms with Crippen LogP contribution < -0.4 is 9.47 Å². The van der Waals surface area contributed by atoms with Crippen LogP contribution in [-0.2, 0) is 11.3 Å². The predicted octanol–water partition coefficient (Wildman–Crippen LogP) is 2.83. The van der Waals surface area contributed by atoms with E-state index in [1.54, 1.807) is 18.2 Å². The number of morpholine rings is 1. The second-order valence-corrected chi connectivity index (χ2v) is 5.98. The molecule has 0 amide bonds. The predicted molar refractivity (Wildman–Crippen MR) is 84.6 cm³/mol. The number of nitrogens with zero attached hydrogens (tertiary/aromatic N) is 1. The molecule has 0 radical (unpaired) electrons. The highest BCUT2D eigenvalue weighted by atomic mass is 19.1. The second kappa shape index (κ2) is 6.30. The largest absolute Gasteiger partial charge is 0.507 e. The second-order valence-electron chi connectivity index (χ2n) is 5.98. The van der Waals surface area contributed by atoms with E-state index < -0.39 is 0 Å². The van der Waals surface area contributed by atoms with Gasteiger partial charge in [0, 0.05) is 31.3 Å². The normalized spacial score (nSPS) is 20.3. The fourth-order valence-electron chi connectivity index (χ4n) is 3.07. The van der Waals surface area contributed by atoms with Gasteiger partial charge in [-0.3, -0.25) is 4.90 Å². The minimum Gasteiger partial charge on any atom is -0.507 e. The molecule has 5 nitrogen and oxygen atoms in total. The lowest BCUT2D eigenvalue weighted by atomic mass is 10.1. The highest BCUT2D eigenvalue weighted by molar-refractivity contribution is 5.51. The smallest absolute Gasteiger partial charge is 0.231 e. The minimum atomic E-state index is -0.253. The molecule has 2 aromatic rings.